The maximum absolute atomic E-state index is 6.05. The van der Waals surface area contributed by atoms with Crippen molar-refractivity contribution >= 4 is 55.0 Å². The topological polar surface area (TPSA) is 38.1 Å². The molecule has 0 aliphatic heterocycles. The molecule has 34 heavy (non-hydrogen) atoms. The highest BCUT2D eigenvalue weighted by atomic mass is 16.3. The molecule has 3 nitrogen and oxygen atoms in total. The third-order valence-electron chi connectivity index (χ3n) is 6.44. The number of para-hydroxylation sites is 1. The number of benzene rings is 5. The van der Waals surface area contributed by atoms with Crippen LogP contribution in [0.3, 0.4) is 0 Å². The molecule has 0 bridgehead atoms. The number of pyridine rings is 1. The molecule has 0 atom stereocenters. The predicted molar refractivity (Wildman–Crippen MR) is 142 cm³/mol. The molecular weight excluding hydrogens is 416 g/mol. The fourth-order valence-electron chi connectivity index (χ4n) is 4.77. The van der Waals surface area contributed by atoms with E-state index in [2.05, 4.69) is 84.2 Å². The van der Waals surface area contributed by atoms with Gasteiger partial charge in [-0.05, 0) is 57.6 Å². The number of hydrogen-bond acceptors (Lipinski definition) is 3. The molecule has 7 aromatic rings. The Bertz CT molecular complexity index is 1850. The Hall–Kier alpha value is -4.63. The minimum atomic E-state index is 0.779. The van der Waals surface area contributed by atoms with E-state index in [4.69, 9.17) is 9.40 Å². The van der Waals surface area contributed by atoms with Crippen LogP contribution in [-0.2, 0) is 0 Å². The molecule has 0 aliphatic carbocycles. The summed E-state index contributed by atoms with van der Waals surface area (Å²) in [4.78, 5) is 4.70. The molecule has 2 aromatic heterocycles. The SMILES string of the molecule is c1ccc2cc(-c3cc(Nc4cnc5c(c4)oc4ccccc45)c4ccccc4c3)ccc2c1. The van der Waals surface area contributed by atoms with Gasteiger partial charge in [-0.3, -0.25) is 4.98 Å². The average Bonchev–Trinajstić information content (AvgIpc) is 3.26. The highest BCUT2D eigenvalue weighted by molar-refractivity contribution is 6.04. The molecule has 0 aliphatic rings. The molecule has 0 spiro atoms. The van der Waals surface area contributed by atoms with Crippen molar-refractivity contribution in [3.05, 3.63) is 115 Å². The molecule has 0 saturated carbocycles. The summed E-state index contributed by atoms with van der Waals surface area (Å²) in [6.45, 7) is 0. The second kappa shape index (κ2) is 7.46. The van der Waals surface area contributed by atoms with E-state index in [1.165, 1.54) is 27.3 Å². The van der Waals surface area contributed by atoms with Gasteiger partial charge in [0.2, 0.25) is 0 Å². The van der Waals surface area contributed by atoms with Gasteiger partial charge < -0.3 is 9.73 Å². The number of nitrogens with one attached hydrogen (secondary N) is 1. The summed E-state index contributed by atoms with van der Waals surface area (Å²) in [5.41, 5.74) is 6.82. The Kier molecular flexibility index (Phi) is 4.15. The van der Waals surface area contributed by atoms with Gasteiger partial charge in [0, 0.05) is 22.5 Å². The van der Waals surface area contributed by atoms with E-state index < -0.39 is 0 Å². The van der Waals surface area contributed by atoms with Crippen molar-refractivity contribution < 1.29 is 4.42 Å². The summed E-state index contributed by atoms with van der Waals surface area (Å²) in [6.07, 6.45) is 1.88. The van der Waals surface area contributed by atoms with E-state index in [0.29, 0.717) is 0 Å². The Labute approximate surface area is 196 Å². The molecule has 3 heteroatoms. The van der Waals surface area contributed by atoms with Gasteiger partial charge >= 0.3 is 0 Å². The average molecular weight is 437 g/mol. The number of rotatable bonds is 3. The molecular formula is C31H20N2O. The number of furan rings is 1. The first-order chi connectivity index (χ1) is 16.8. The normalized spacial score (nSPS) is 11.5. The zero-order valence-electron chi connectivity index (χ0n) is 18.3. The molecule has 0 fully saturated rings. The van der Waals surface area contributed by atoms with Crippen LogP contribution >= 0.6 is 0 Å². The van der Waals surface area contributed by atoms with Crippen molar-refractivity contribution in [3.63, 3.8) is 0 Å². The highest BCUT2D eigenvalue weighted by Gasteiger charge is 2.11. The van der Waals surface area contributed by atoms with Crippen molar-refractivity contribution in [2.24, 2.45) is 0 Å². The quantitative estimate of drug-likeness (QED) is 0.301. The standard InChI is InChI=1S/C31H20N2O/c1-2-8-21-15-22(14-13-20(21)7-1)24-16-23-9-3-4-10-26(23)28(17-24)33-25-18-30-31(32-19-25)27-11-5-6-12-29(27)34-30/h1-19,33H. The molecule has 0 unspecified atom stereocenters. The van der Waals surface area contributed by atoms with Crippen LogP contribution in [-0.4, -0.2) is 4.98 Å². The summed E-state index contributed by atoms with van der Waals surface area (Å²) >= 11 is 0. The van der Waals surface area contributed by atoms with Gasteiger partial charge in [-0.2, -0.15) is 0 Å². The minimum absolute atomic E-state index is 0.779. The van der Waals surface area contributed by atoms with E-state index in [9.17, 15) is 0 Å². The van der Waals surface area contributed by atoms with Gasteiger partial charge in [-0.25, -0.2) is 0 Å². The predicted octanol–water partition coefficient (Wildman–Crippen LogP) is 8.70. The van der Waals surface area contributed by atoms with E-state index in [1.807, 2.05) is 36.5 Å². The van der Waals surface area contributed by atoms with Crippen LogP contribution in [0.4, 0.5) is 11.4 Å². The lowest BCUT2D eigenvalue weighted by molar-refractivity contribution is 0.668. The number of nitrogens with zero attached hydrogens (tertiary/aromatic N) is 1. The monoisotopic (exact) mass is 436 g/mol. The van der Waals surface area contributed by atoms with Gasteiger partial charge in [-0.1, -0.05) is 72.8 Å². The zero-order valence-corrected chi connectivity index (χ0v) is 18.3. The Morgan fingerprint density at radius 3 is 2.21 bits per heavy atom. The molecule has 0 saturated heterocycles. The van der Waals surface area contributed by atoms with Crippen LogP contribution in [0.25, 0.3) is 54.7 Å². The van der Waals surface area contributed by atoms with E-state index in [1.54, 1.807) is 0 Å². The molecule has 0 radical (unpaired) electrons. The van der Waals surface area contributed by atoms with Crippen LogP contribution < -0.4 is 5.32 Å². The third kappa shape index (κ3) is 3.10. The smallest absolute Gasteiger partial charge is 0.155 e. The maximum Gasteiger partial charge on any atom is 0.155 e. The van der Waals surface area contributed by atoms with Crippen LogP contribution in [0.2, 0.25) is 0 Å². The highest BCUT2D eigenvalue weighted by Crippen LogP contribution is 2.35. The van der Waals surface area contributed by atoms with Gasteiger partial charge in [0.1, 0.15) is 11.1 Å². The Morgan fingerprint density at radius 2 is 1.29 bits per heavy atom. The molecule has 1 N–H and O–H groups in total. The van der Waals surface area contributed by atoms with Crippen LogP contribution in [0.1, 0.15) is 0 Å². The number of fused-ring (bicyclic) bond motifs is 5. The molecule has 5 aromatic carbocycles. The van der Waals surface area contributed by atoms with Crippen LogP contribution in [0, 0.1) is 0 Å². The summed E-state index contributed by atoms with van der Waals surface area (Å²) in [7, 11) is 0. The van der Waals surface area contributed by atoms with Crippen molar-refractivity contribution in [2.45, 2.75) is 0 Å². The van der Waals surface area contributed by atoms with Gasteiger partial charge in [0.05, 0.1) is 11.9 Å². The first-order valence-electron chi connectivity index (χ1n) is 11.4. The summed E-state index contributed by atoms with van der Waals surface area (Å²) in [6, 6.07) is 38.1. The number of aromatic nitrogens is 1. The summed E-state index contributed by atoms with van der Waals surface area (Å²) < 4.78 is 6.05. The van der Waals surface area contributed by atoms with Gasteiger partial charge in [0.15, 0.2) is 5.58 Å². The second-order valence-corrected chi connectivity index (χ2v) is 8.60. The van der Waals surface area contributed by atoms with Crippen molar-refractivity contribution in [3.8, 4) is 11.1 Å². The van der Waals surface area contributed by atoms with Gasteiger partial charge in [0.25, 0.3) is 0 Å². The van der Waals surface area contributed by atoms with E-state index in [0.717, 1.165) is 38.8 Å². The van der Waals surface area contributed by atoms with E-state index in [-0.39, 0.29) is 0 Å². The van der Waals surface area contributed by atoms with Crippen molar-refractivity contribution in [2.75, 3.05) is 5.32 Å². The second-order valence-electron chi connectivity index (χ2n) is 8.60. The molecule has 0 amide bonds. The third-order valence-corrected chi connectivity index (χ3v) is 6.44. The van der Waals surface area contributed by atoms with Crippen molar-refractivity contribution in [1.29, 1.82) is 0 Å². The van der Waals surface area contributed by atoms with Gasteiger partial charge in [-0.15, -0.1) is 0 Å². The maximum atomic E-state index is 6.05. The van der Waals surface area contributed by atoms with E-state index >= 15 is 0 Å². The Balaban J connectivity index is 1.36. The fraction of sp³-hybridized carbons (Fsp3) is 0. The lowest BCUT2D eigenvalue weighted by atomic mass is 9.97. The van der Waals surface area contributed by atoms with Crippen LogP contribution in [0.5, 0.6) is 0 Å². The number of anilines is 2. The lowest BCUT2D eigenvalue weighted by Gasteiger charge is -2.13. The fourth-order valence-corrected chi connectivity index (χ4v) is 4.77. The number of hydrogen-bond donors (Lipinski definition) is 1. The summed E-state index contributed by atoms with van der Waals surface area (Å²) in [5.74, 6) is 0. The Morgan fingerprint density at radius 1 is 0.559 bits per heavy atom. The molecule has 160 valence electrons. The zero-order chi connectivity index (χ0) is 22.5. The summed E-state index contributed by atoms with van der Waals surface area (Å²) in [5, 5.41) is 9.48. The lowest BCUT2D eigenvalue weighted by Crippen LogP contribution is -1.94. The first-order valence-corrected chi connectivity index (χ1v) is 11.4. The largest absolute Gasteiger partial charge is 0.454 e. The molecule has 7 rings (SSSR count). The minimum Gasteiger partial charge on any atom is -0.454 e. The first kappa shape index (κ1) is 18.9. The van der Waals surface area contributed by atoms with Crippen LogP contribution in [0.15, 0.2) is 120 Å². The molecule has 2 heterocycles. The van der Waals surface area contributed by atoms with Crippen molar-refractivity contribution in [1.82, 2.24) is 4.98 Å².